The molecule has 1 heterocycles. The molecule has 1 aromatic heterocycles. The van der Waals surface area contributed by atoms with Crippen LogP contribution in [0.2, 0.25) is 0 Å². The van der Waals surface area contributed by atoms with Gasteiger partial charge in [-0.05, 0) is 85.8 Å². The zero-order valence-corrected chi connectivity index (χ0v) is 23.4. The highest BCUT2D eigenvalue weighted by molar-refractivity contribution is 5.96. The van der Waals surface area contributed by atoms with Gasteiger partial charge >= 0.3 is 6.18 Å². The van der Waals surface area contributed by atoms with Crippen LogP contribution in [0.4, 0.5) is 17.6 Å². The van der Waals surface area contributed by atoms with Crippen LogP contribution < -0.4 is 15.2 Å². The van der Waals surface area contributed by atoms with Crippen LogP contribution in [0, 0.1) is 12.7 Å². The van der Waals surface area contributed by atoms with E-state index in [1.165, 1.54) is 50.4 Å². The van der Waals surface area contributed by atoms with Crippen LogP contribution in [0.3, 0.4) is 0 Å². The molecule has 0 aliphatic heterocycles. The summed E-state index contributed by atoms with van der Waals surface area (Å²) in [5.41, 5.74) is 2.35. The van der Waals surface area contributed by atoms with E-state index in [1.807, 2.05) is 0 Å². The Bertz CT molecular complexity index is 1440. The van der Waals surface area contributed by atoms with Crippen molar-refractivity contribution in [1.82, 2.24) is 4.98 Å². The maximum absolute atomic E-state index is 14.6. The Labute approximate surface area is 236 Å². The Morgan fingerprint density at radius 2 is 1.78 bits per heavy atom. The van der Waals surface area contributed by atoms with Gasteiger partial charge in [0.05, 0.1) is 24.6 Å². The number of carbonyl (C=O) groups excluding carboxylic acids is 1. The highest BCUT2D eigenvalue weighted by Crippen LogP contribution is 2.44. The second kappa shape index (κ2) is 11.4. The molecular weight excluding hydrogens is 540 g/mol. The van der Waals surface area contributed by atoms with Gasteiger partial charge in [0.2, 0.25) is 5.60 Å². The number of aryl methyl sites for hydroxylation is 1. The maximum Gasteiger partial charge on any atom is 0.422 e. The molecule has 1 aliphatic rings. The Morgan fingerprint density at radius 1 is 1.07 bits per heavy atom. The van der Waals surface area contributed by atoms with Crippen molar-refractivity contribution in [3.05, 3.63) is 76.7 Å². The number of aliphatic hydroxyl groups is 1. The summed E-state index contributed by atoms with van der Waals surface area (Å²) in [6.07, 6.45) is -4.84. The molecule has 0 saturated heterocycles. The Hall–Kier alpha value is -3.50. The number of benzene rings is 2. The van der Waals surface area contributed by atoms with Crippen molar-refractivity contribution in [3.8, 4) is 22.8 Å². The third-order valence-corrected chi connectivity index (χ3v) is 7.48. The number of nitrogens with zero attached hydrogens (tertiary/aromatic N) is 1. The minimum Gasteiger partial charge on any atom is -0.493 e. The molecule has 2 aromatic carbocycles. The highest BCUT2D eigenvalue weighted by Gasteiger charge is 2.56. The van der Waals surface area contributed by atoms with E-state index in [0.717, 1.165) is 12.8 Å². The van der Waals surface area contributed by atoms with E-state index in [1.54, 1.807) is 26.0 Å². The molecule has 0 radical (unpaired) electrons. The van der Waals surface area contributed by atoms with Gasteiger partial charge in [-0.2, -0.15) is 13.2 Å². The van der Waals surface area contributed by atoms with E-state index in [-0.39, 0.29) is 29.5 Å². The fourth-order valence-electron chi connectivity index (χ4n) is 4.36. The second-order valence-corrected chi connectivity index (χ2v) is 11.1. The fourth-order valence-corrected chi connectivity index (χ4v) is 4.36. The number of pyridine rings is 1. The van der Waals surface area contributed by atoms with Gasteiger partial charge in [0.15, 0.2) is 17.3 Å². The summed E-state index contributed by atoms with van der Waals surface area (Å²) in [6.45, 7) is 5.15. The lowest BCUT2D eigenvalue weighted by atomic mass is 9.81. The van der Waals surface area contributed by atoms with Crippen molar-refractivity contribution in [3.63, 3.8) is 0 Å². The number of methoxy groups -OCH3 is 1. The Balaban J connectivity index is 1.71. The molecule has 1 fully saturated rings. The molecule has 1 unspecified atom stereocenters. The number of halogens is 4. The second-order valence-electron chi connectivity index (χ2n) is 11.1. The highest BCUT2D eigenvalue weighted by atomic mass is 19.4. The lowest BCUT2D eigenvalue weighted by Gasteiger charge is -2.32. The molecule has 1 aliphatic carbocycles. The van der Waals surface area contributed by atoms with Gasteiger partial charge in [0, 0.05) is 29.5 Å². The minimum atomic E-state index is -5.17. The van der Waals surface area contributed by atoms with Crippen molar-refractivity contribution in [2.24, 2.45) is 5.73 Å². The summed E-state index contributed by atoms with van der Waals surface area (Å²) < 4.78 is 68.8. The van der Waals surface area contributed by atoms with E-state index in [9.17, 15) is 27.5 Å². The van der Waals surface area contributed by atoms with E-state index in [4.69, 9.17) is 15.2 Å². The summed E-state index contributed by atoms with van der Waals surface area (Å²) in [6, 6.07) is 11.3. The topological polar surface area (TPSA) is 94.7 Å². The third-order valence-electron chi connectivity index (χ3n) is 7.48. The van der Waals surface area contributed by atoms with Crippen LogP contribution in [0.25, 0.3) is 11.3 Å². The van der Waals surface area contributed by atoms with Crippen molar-refractivity contribution < 1.29 is 36.9 Å². The van der Waals surface area contributed by atoms with Gasteiger partial charge < -0.3 is 20.3 Å². The molecule has 0 amide bonds. The van der Waals surface area contributed by atoms with Crippen molar-refractivity contribution in [2.45, 2.75) is 69.8 Å². The number of Topliss-reactive ketones (excluding diaryl/α,β-unsaturated/α-hetero) is 1. The lowest BCUT2D eigenvalue weighted by Crippen LogP contribution is -2.44. The first-order valence-electron chi connectivity index (χ1n) is 13.3. The van der Waals surface area contributed by atoms with Gasteiger partial charge in [0.25, 0.3) is 0 Å². The van der Waals surface area contributed by atoms with Gasteiger partial charge in [0.1, 0.15) is 5.82 Å². The molecule has 3 N–H and O–H groups in total. The van der Waals surface area contributed by atoms with Gasteiger partial charge in [-0.25, -0.2) is 9.37 Å². The van der Waals surface area contributed by atoms with Crippen LogP contribution in [0.15, 0.2) is 48.5 Å². The van der Waals surface area contributed by atoms with E-state index in [2.05, 4.69) is 4.98 Å². The summed E-state index contributed by atoms with van der Waals surface area (Å²) in [5, 5.41) is 11.2. The molecule has 10 heteroatoms. The van der Waals surface area contributed by atoms with Crippen molar-refractivity contribution in [1.29, 1.82) is 0 Å². The molecule has 3 aromatic rings. The van der Waals surface area contributed by atoms with Gasteiger partial charge in [-0.15, -0.1) is 0 Å². The predicted molar refractivity (Wildman–Crippen MR) is 147 cm³/mol. The number of ketones is 1. The van der Waals surface area contributed by atoms with E-state index < -0.39 is 47.3 Å². The zero-order valence-electron chi connectivity index (χ0n) is 23.4. The normalized spacial score (nSPS) is 15.4. The molecule has 4 rings (SSSR count). The summed E-state index contributed by atoms with van der Waals surface area (Å²) in [4.78, 5) is 17.2. The number of carbonyl (C=O) groups is 1. The Kier molecular flexibility index (Phi) is 8.47. The first-order valence-corrected chi connectivity index (χ1v) is 13.3. The van der Waals surface area contributed by atoms with Crippen LogP contribution in [0.1, 0.15) is 66.7 Å². The van der Waals surface area contributed by atoms with Crippen LogP contribution in [-0.4, -0.2) is 41.8 Å². The number of hydrogen-bond donors (Lipinski definition) is 2. The average Bonchev–Trinajstić information content (AvgIpc) is 3.76. The largest absolute Gasteiger partial charge is 0.493 e. The van der Waals surface area contributed by atoms with Crippen LogP contribution in [0.5, 0.6) is 11.5 Å². The molecule has 220 valence electrons. The molecule has 0 bridgehead atoms. The Morgan fingerprint density at radius 3 is 2.37 bits per heavy atom. The molecule has 41 heavy (non-hydrogen) atoms. The number of aromatic nitrogens is 1. The number of nitrogens with two attached hydrogens (primary N) is 1. The van der Waals surface area contributed by atoms with Gasteiger partial charge in [-0.1, -0.05) is 13.8 Å². The number of rotatable bonds is 11. The molecule has 1 atom stereocenters. The number of alkyl halides is 3. The number of ether oxygens (including phenoxy) is 2. The van der Waals surface area contributed by atoms with E-state index >= 15 is 0 Å². The quantitative estimate of drug-likeness (QED) is 0.204. The van der Waals surface area contributed by atoms with Crippen LogP contribution >= 0.6 is 0 Å². The smallest absolute Gasteiger partial charge is 0.422 e. The maximum atomic E-state index is 14.6. The third kappa shape index (κ3) is 6.54. The van der Waals surface area contributed by atoms with Crippen molar-refractivity contribution in [2.75, 3.05) is 13.7 Å². The first kappa shape index (κ1) is 30.5. The fraction of sp³-hybridized carbons (Fsp3) is 0.419. The van der Waals surface area contributed by atoms with Crippen LogP contribution in [-0.2, 0) is 11.0 Å². The molecule has 0 spiro atoms. The average molecular weight is 575 g/mol. The summed E-state index contributed by atoms with van der Waals surface area (Å²) in [7, 11) is 1.41. The summed E-state index contributed by atoms with van der Waals surface area (Å²) >= 11 is 0. The zero-order chi connectivity index (χ0) is 30.2. The van der Waals surface area contributed by atoms with Gasteiger partial charge in [-0.3, -0.25) is 4.79 Å². The van der Waals surface area contributed by atoms with E-state index in [0.29, 0.717) is 22.6 Å². The monoisotopic (exact) mass is 574 g/mol. The molecule has 6 nitrogen and oxygen atoms in total. The SMILES string of the molecule is COc1cc(C(=O)CCC(O)(c2cc(C(C)(C)CN)cc(-c3ccc(F)c(C)c3)n2)C(F)(F)F)ccc1OC1CC1. The molecule has 1 saturated carbocycles. The standard InChI is InChI=1S/C31H34F4N2O4/c1-18-13-19(5-9-23(18)32)24-15-21(29(2,3)17-36)16-28(37-24)30(39,31(33,34)35)12-11-25(38)20-6-10-26(27(14-20)40-4)41-22-7-8-22/h5-6,9-10,13-16,22,39H,7-8,11-12,17,36H2,1-4H3. The first-order chi connectivity index (χ1) is 19.2. The molecular formula is C31H34F4N2O4. The predicted octanol–water partition coefficient (Wildman–Crippen LogP) is 6.40. The number of hydrogen-bond acceptors (Lipinski definition) is 6. The lowest BCUT2D eigenvalue weighted by molar-refractivity contribution is -0.270. The summed E-state index contributed by atoms with van der Waals surface area (Å²) in [5.74, 6) is -0.338. The van der Waals surface area contributed by atoms with Crippen molar-refractivity contribution >= 4 is 5.78 Å². The minimum absolute atomic E-state index is 0.0865.